The van der Waals surface area contributed by atoms with E-state index < -0.39 is 11.2 Å². The Kier molecular flexibility index (Phi) is 7.74. The molecule has 10 heteroatoms. The Morgan fingerprint density at radius 1 is 1.06 bits per heavy atom. The van der Waals surface area contributed by atoms with Gasteiger partial charge in [-0.25, -0.2) is 4.79 Å². The number of methoxy groups -OCH3 is 2. The van der Waals surface area contributed by atoms with Crippen LogP contribution in [0.25, 0.3) is 11.2 Å². The summed E-state index contributed by atoms with van der Waals surface area (Å²) in [5, 5.41) is 0.0575. The zero-order valence-corrected chi connectivity index (χ0v) is 19.2. The number of nitrogens with one attached hydrogen (secondary N) is 1. The molecule has 0 aliphatic rings. The Bertz CT molecular complexity index is 1230. The summed E-state index contributed by atoms with van der Waals surface area (Å²) in [6, 6.07) is 4.95. The fraction of sp³-hybridized carbons (Fsp3) is 0.455. The number of imidazole rings is 1. The average molecular weight is 463 g/mol. The molecule has 0 aliphatic carbocycles. The molecular weight excluding hydrogens is 436 g/mol. The quantitative estimate of drug-likeness (QED) is 0.266. The number of nitrogens with zero attached hydrogens (tertiary/aromatic N) is 3. The van der Waals surface area contributed by atoms with Gasteiger partial charge in [0, 0.05) is 25.1 Å². The highest BCUT2D eigenvalue weighted by Gasteiger charge is 2.17. The fourth-order valence-corrected chi connectivity index (χ4v) is 3.78. The molecule has 0 saturated carbocycles. The second-order valence-corrected chi connectivity index (χ2v) is 7.78. The molecule has 0 aliphatic heterocycles. The highest BCUT2D eigenvalue weighted by molar-refractivity contribution is 6.29. The largest absolute Gasteiger partial charge is 0.493 e. The molecule has 2 aromatic heterocycles. The Morgan fingerprint density at radius 3 is 2.47 bits per heavy atom. The number of aryl methyl sites for hydroxylation is 1. The maximum atomic E-state index is 13.0. The number of H-pyrrole nitrogens is 1. The molecule has 0 atom stereocenters. The van der Waals surface area contributed by atoms with Gasteiger partial charge in [-0.15, -0.1) is 0 Å². The summed E-state index contributed by atoms with van der Waals surface area (Å²) < 4.78 is 13.1. The standard InChI is InChI=1S/C22H27ClN4O5/c1-4-5-6-11-26-19-18(24-21(23)25-19)20(29)27(22(26)30)12-7-8-15(28)14-9-10-16(31-2)17(13-14)32-3/h9-10,13H,4-8,11-12H2,1-3H3,(H,24,25). The molecule has 2 heterocycles. The number of hydrogen-bond acceptors (Lipinski definition) is 6. The number of carbonyl (C=O) groups excluding carboxylic acids is 1. The molecule has 0 saturated heterocycles. The molecule has 0 radical (unpaired) electrons. The van der Waals surface area contributed by atoms with Crippen molar-refractivity contribution in [2.24, 2.45) is 0 Å². The average Bonchev–Trinajstić information content (AvgIpc) is 3.19. The van der Waals surface area contributed by atoms with Crippen molar-refractivity contribution in [3.05, 3.63) is 49.9 Å². The molecule has 1 N–H and O–H groups in total. The van der Waals surface area contributed by atoms with Crippen molar-refractivity contribution in [3.8, 4) is 11.5 Å². The fourth-order valence-electron chi connectivity index (χ4n) is 3.61. The van der Waals surface area contributed by atoms with Crippen molar-refractivity contribution in [2.75, 3.05) is 14.2 Å². The van der Waals surface area contributed by atoms with E-state index in [1.807, 2.05) is 0 Å². The van der Waals surface area contributed by atoms with E-state index in [9.17, 15) is 14.4 Å². The number of ketones is 1. The van der Waals surface area contributed by atoms with Crippen LogP contribution in [0.5, 0.6) is 11.5 Å². The monoisotopic (exact) mass is 462 g/mol. The number of unbranched alkanes of at least 4 members (excludes halogenated alkanes) is 2. The van der Waals surface area contributed by atoms with Gasteiger partial charge in [0.2, 0.25) is 5.28 Å². The summed E-state index contributed by atoms with van der Waals surface area (Å²) in [6.07, 6.45) is 3.22. The molecule has 3 aromatic rings. The van der Waals surface area contributed by atoms with E-state index in [1.54, 1.807) is 18.2 Å². The van der Waals surface area contributed by atoms with Crippen LogP contribution in [-0.4, -0.2) is 39.1 Å². The first kappa shape index (κ1) is 23.6. The summed E-state index contributed by atoms with van der Waals surface area (Å²) in [7, 11) is 3.03. The lowest BCUT2D eigenvalue weighted by molar-refractivity contribution is 0.0978. The molecule has 0 unspecified atom stereocenters. The van der Waals surface area contributed by atoms with E-state index in [0.717, 1.165) is 23.8 Å². The third-order valence-electron chi connectivity index (χ3n) is 5.31. The normalized spacial score (nSPS) is 11.1. The number of Topliss-reactive ketones (excluding diaryl/α,β-unsaturated/α-hetero) is 1. The van der Waals surface area contributed by atoms with Crippen LogP contribution in [0.3, 0.4) is 0 Å². The molecule has 3 rings (SSSR count). The number of carbonyl (C=O) groups is 1. The minimum Gasteiger partial charge on any atom is -0.493 e. The first-order valence-electron chi connectivity index (χ1n) is 10.5. The van der Waals surface area contributed by atoms with Crippen LogP contribution in [-0.2, 0) is 13.1 Å². The Hall–Kier alpha value is -3.07. The van der Waals surface area contributed by atoms with Crippen LogP contribution in [0.1, 0.15) is 49.4 Å². The highest BCUT2D eigenvalue weighted by atomic mass is 35.5. The number of halogens is 1. The lowest BCUT2D eigenvalue weighted by Crippen LogP contribution is -2.40. The Labute approximate surface area is 189 Å². The Morgan fingerprint density at radius 2 is 1.78 bits per heavy atom. The van der Waals surface area contributed by atoms with Gasteiger partial charge in [-0.05, 0) is 42.6 Å². The molecule has 32 heavy (non-hydrogen) atoms. The number of ether oxygens (including phenoxy) is 2. The molecule has 0 fully saturated rings. The van der Waals surface area contributed by atoms with Gasteiger partial charge in [-0.1, -0.05) is 19.8 Å². The summed E-state index contributed by atoms with van der Waals surface area (Å²) in [5.74, 6) is 0.879. The number of fused-ring (bicyclic) bond motifs is 1. The Balaban J connectivity index is 1.81. The minimum absolute atomic E-state index is 0.0575. The molecule has 172 valence electrons. The molecule has 0 spiro atoms. The summed E-state index contributed by atoms with van der Waals surface area (Å²) in [4.78, 5) is 45.4. The SMILES string of the molecule is CCCCCn1c(=O)n(CCCC(=O)c2ccc(OC)c(OC)c2)c(=O)c2[nH]c(Cl)nc21. The number of aromatic amines is 1. The van der Waals surface area contributed by atoms with E-state index >= 15 is 0 Å². The number of aromatic nitrogens is 4. The van der Waals surface area contributed by atoms with Crippen molar-refractivity contribution < 1.29 is 14.3 Å². The van der Waals surface area contributed by atoms with Crippen molar-refractivity contribution >= 4 is 28.5 Å². The lowest BCUT2D eigenvalue weighted by Gasteiger charge is -2.11. The van der Waals surface area contributed by atoms with E-state index in [-0.39, 0.29) is 35.2 Å². The second kappa shape index (κ2) is 10.5. The summed E-state index contributed by atoms with van der Waals surface area (Å²) in [5.41, 5.74) is -0.00566. The lowest BCUT2D eigenvalue weighted by atomic mass is 10.1. The van der Waals surface area contributed by atoms with Crippen molar-refractivity contribution in [3.63, 3.8) is 0 Å². The zero-order chi connectivity index (χ0) is 23.3. The zero-order valence-electron chi connectivity index (χ0n) is 18.4. The molecular formula is C22H27ClN4O5. The number of hydrogen-bond donors (Lipinski definition) is 1. The van der Waals surface area contributed by atoms with E-state index in [0.29, 0.717) is 30.0 Å². The number of benzene rings is 1. The topological polar surface area (TPSA) is 108 Å². The van der Waals surface area contributed by atoms with Gasteiger partial charge in [0.25, 0.3) is 5.56 Å². The van der Waals surface area contributed by atoms with E-state index in [2.05, 4.69) is 16.9 Å². The molecule has 1 aromatic carbocycles. The van der Waals surface area contributed by atoms with Gasteiger partial charge in [-0.3, -0.25) is 18.7 Å². The molecule has 0 bridgehead atoms. The van der Waals surface area contributed by atoms with E-state index in [1.165, 1.54) is 18.8 Å². The third kappa shape index (κ3) is 4.88. The van der Waals surface area contributed by atoms with Crippen LogP contribution in [0, 0.1) is 0 Å². The maximum Gasteiger partial charge on any atom is 0.332 e. The number of rotatable bonds is 11. The predicted molar refractivity (Wildman–Crippen MR) is 122 cm³/mol. The third-order valence-corrected chi connectivity index (χ3v) is 5.49. The predicted octanol–water partition coefficient (Wildman–Crippen LogP) is 3.41. The molecule has 9 nitrogen and oxygen atoms in total. The van der Waals surface area contributed by atoms with Crippen LogP contribution in [0.2, 0.25) is 5.28 Å². The van der Waals surface area contributed by atoms with E-state index in [4.69, 9.17) is 21.1 Å². The van der Waals surface area contributed by atoms with Gasteiger partial charge in [0.15, 0.2) is 28.4 Å². The smallest absolute Gasteiger partial charge is 0.332 e. The van der Waals surface area contributed by atoms with Gasteiger partial charge in [-0.2, -0.15) is 4.98 Å². The maximum absolute atomic E-state index is 13.0. The second-order valence-electron chi connectivity index (χ2n) is 7.42. The van der Waals surface area contributed by atoms with Gasteiger partial charge in [0.05, 0.1) is 14.2 Å². The van der Waals surface area contributed by atoms with Crippen molar-refractivity contribution in [2.45, 2.75) is 52.1 Å². The first-order chi connectivity index (χ1) is 15.4. The van der Waals surface area contributed by atoms with Crippen LogP contribution >= 0.6 is 11.6 Å². The van der Waals surface area contributed by atoms with Crippen molar-refractivity contribution in [1.29, 1.82) is 0 Å². The summed E-state index contributed by atoms with van der Waals surface area (Å²) in [6.45, 7) is 2.62. The van der Waals surface area contributed by atoms with Gasteiger partial charge in [0.1, 0.15) is 0 Å². The van der Waals surface area contributed by atoms with Crippen LogP contribution in [0.4, 0.5) is 0 Å². The highest BCUT2D eigenvalue weighted by Crippen LogP contribution is 2.28. The molecule has 0 amide bonds. The van der Waals surface area contributed by atoms with Gasteiger partial charge >= 0.3 is 5.69 Å². The first-order valence-corrected chi connectivity index (χ1v) is 10.9. The van der Waals surface area contributed by atoms with Crippen molar-refractivity contribution in [1.82, 2.24) is 19.1 Å². The van der Waals surface area contributed by atoms with Gasteiger partial charge < -0.3 is 14.5 Å². The summed E-state index contributed by atoms with van der Waals surface area (Å²) >= 11 is 5.96. The van der Waals surface area contributed by atoms with Crippen LogP contribution in [0.15, 0.2) is 27.8 Å². The minimum atomic E-state index is -0.491. The van der Waals surface area contributed by atoms with Crippen LogP contribution < -0.4 is 20.7 Å².